The smallest absolute Gasteiger partial charge is 0.381 e. The first-order valence-corrected chi connectivity index (χ1v) is 6.33. The van der Waals surface area contributed by atoms with E-state index in [1.165, 1.54) is 6.08 Å². The second-order valence-corrected chi connectivity index (χ2v) is 5.41. The Balaban J connectivity index is 2.71. The molecule has 94 valence electrons. The zero-order valence-corrected chi connectivity index (χ0v) is 9.57. The summed E-state index contributed by atoms with van der Waals surface area (Å²) in [6.07, 6.45) is 3.67. The molecule has 0 unspecified atom stereocenters. The Kier molecular flexibility index (Phi) is 3.88. The van der Waals surface area contributed by atoms with Crippen LogP contribution in [0.4, 0.5) is 13.2 Å². The van der Waals surface area contributed by atoms with E-state index in [0.717, 1.165) is 6.42 Å². The highest BCUT2D eigenvalue weighted by Crippen LogP contribution is 2.30. The molecule has 7 heteroatoms. The fourth-order valence-electron chi connectivity index (χ4n) is 1.43. The average molecular weight is 258 g/mol. The predicted molar refractivity (Wildman–Crippen MR) is 51.8 cm³/mol. The third-order valence-corrected chi connectivity index (χ3v) is 3.42. The lowest BCUT2D eigenvalue weighted by Gasteiger charge is -2.11. The summed E-state index contributed by atoms with van der Waals surface area (Å²) in [5.74, 6) is 0.271. The summed E-state index contributed by atoms with van der Waals surface area (Å²) < 4.78 is 61.6. The molecule has 16 heavy (non-hydrogen) atoms. The third kappa shape index (κ3) is 3.40. The normalized spacial score (nSPS) is 23.5. The maximum Gasteiger partial charge on any atom is 0.534 e. The number of alkyl halides is 3. The first-order chi connectivity index (χ1) is 7.22. The molecular formula is C9H13F3O3S. The topological polar surface area (TPSA) is 43.4 Å². The molecule has 0 aromatic heterocycles. The molecule has 0 fully saturated rings. The standard InChI is InChI=1S/C9H13F3O3S/c1-7-3-2-4-8(6-5-7)15-16(13,14)9(10,11)12/h4,7H,2-3,5-6H2,1H3/t7-/m1/s1. The van der Waals surface area contributed by atoms with Gasteiger partial charge in [0, 0.05) is 6.42 Å². The Bertz CT molecular complexity index is 370. The Hall–Kier alpha value is -0.720. The van der Waals surface area contributed by atoms with Crippen LogP contribution < -0.4 is 0 Å². The van der Waals surface area contributed by atoms with Crippen molar-refractivity contribution in [2.24, 2.45) is 5.92 Å². The second-order valence-electron chi connectivity index (χ2n) is 3.87. The SMILES string of the molecule is C[C@@H]1CCC=C(OS(=O)(=O)C(F)(F)F)CC1. The third-order valence-electron chi connectivity index (χ3n) is 2.42. The molecule has 0 amide bonds. The molecule has 0 heterocycles. The first kappa shape index (κ1) is 13.3. The van der Waals surface area contributed by atoms with Crippen LogP contribution in [0.5, 0.6) is 0 Å². The van der Waals surface area contributed by atoms with Crippen molar-refractivity contribution in [2.45, 2.75) is 38.1 Å². The summed E-state index contributed by atoms with van der Waals surface area (Å²) in [4.78, 5) is 0. The first-order valence-electron chi connectivity index (χ1n) is 4.92. The van der Waals surface area contributed by atoms with Gasteiger partial charge in [0.1, 0.15) is 5.76 Å². The molecule has 0 aliphatic heterocycles. The van der Waals surface area contributed by atoms with Crippen molar-refractivity contribution < 1.29 is 25.8 Å². The molecule has 3 nitrogen and oxygen atoms in total. The minimum absolute atomic E-state index is 0.0957. The molecule has 1 rings (SSSR count). The van der Waals surface area contributed by atoms with Crippen LogP contribution in [0.15, 0.2) is 11.8 Å². The maximum absolute atomic E-state index is 12.0. The molecule has 0 bridgehead atoms. The summed E-state index contributed by atoms with van der Waals surface area (Å²) >= 11 is 0. The van der Waals surface area contributed by atoms with Gasteiger partial charge in [-0.25, -0.2) is 0 Å². The van der Waals surface area contributed by atoms with Crippen LogP contribution in [-0.4, -0.2) is 13.9 Å². The van der Waals surface area contributed by atoms with E-state index in [1.807, 2.05) is 6.92 Å². The van der Waals surface area contributed by atoms with Crippen molar-refractivity contribution in [3.63, 3.8) is 0 Å². The van der Waals surface area contributed by atoms with Crippen LogP contribution in [0.25, 0.3) is 0 Å². The van der Waals surface area contributed by atoms with Gasteiger partial charge in [0.2, 0.25) is 0 Å². The molecule has 1 aliphatic rings. The van der Waals surface area contributed by atoms with Crippen molar-refractivity contribution >= 4 is 10.1 Å². The van der Waals surface area contributed by atoms with E-state index in [2.05, 4.69) is 4.18 Å². The van der Waals surface area contributed by atoms with Gasteiger partial charge >= 0.3 is 15.6 Å². The predicted octanol–water partition coefficient (Wildman–Crippen LogP) is 2.95. The minimum atomic E-state index is -5.50. The molecule has 0 spiro atoms. The summed E-state index contributed by atoms with van der Waals surface area (Å²) in [5.41, 5.74) is -5.36. The Morgan fingerprint density at radius 2 is 2.00 bits per heavy atom. The van der Waals surface area contributed by atoms with Crippen LogP contribution in [0.3, 0.4) is 0 Å². The summed E-state index contributed by atoms with van der Waals surface area (Å²) in [7, 11) is -5.50. The van der Waals surface area contributed by atoms with Gasteiger partial charge in [-0.3, -0.25) is 0 Å². The van der Waals surface area contributed by atoms with Crippen molar-refractivity contribution in [1.29, 1.82) is 0 Å². The molecule has 0 radical (unpaired) electrons. The van der Waals surface area contributed by atoms with Gasteiger partial charge in [-0.1, -0.05) is 6.92 Å². The summed E-state index contributed by atoms with van der Waals surface area (Å²) in [6, 6.07) is 0. The van der Waals surface area contributed by atoms with E-state index >= 15 is 0 Å². The molecule has 0 aromatic carbocycles. The van der Waals surface area contributed by atoms with Crippen LogP contribution in [0, 0.1) is 5.92 Å². The Labute approximate surface area is 92.4 Å². The number of allylic oxidation sites excluding steroid dienone is 2. The number of hydrogen-bond acceptors (Lipinski definition) is 3. The number of halogens is 3. The van der Waals surface area contributed by atoms with Crippen LogP contribution in [0.2, 0.25) is 0 Å². The fraction of sp³-hybridized carbons (Fsp3) is 0.778. The molecule has 0 saturated carbocycles. The van der Waals surface area contributed by atoms with Crippen LogP contribution in [-0.2, 0) is 14.3 Å². The highest BCUT2D eigenvalue weighted by atomic mass is 32.2. The minimum Gasteiger partial charge on any atom is -0.381 e. The van der Waals surface area contributed by atoms with Crippen molar-refractivity contribution in [3.05, 3.63) is 11.8 Å². The average Bonchev–Trinajstić information content (AvgIpc) is 2.28. The van der Waals surface area contributed by atoms with E-state index < -0.39 is 15.6 Å². The number of rotatable bonds is 2. The van der Waals surface area contributed by atoms with E-state index in [1.54, 1.807) is 0 Å². The molecule has 0 N–H and O–H groups in total. The maximum atomic E-state index is 12.0. The van der Waals surface area contributed by atoms with E-state index in [-0.39, 0.29) is 12.2 Å². The lowest BCUT2D eigenvalue weighted by Crippen LogP contribution is -2.25. The van der Waals surface area contributed by atoms with Crippen LogP contribution >= 0.6 is 0 Å². The van der Waals surface area contributed by atoms with Gasteiger partial charge in [-0.05, 0) is 31.3 Å². The quantitative estimate of drug-likeness (QED) is 0.565. The number of hydrogen-bond donors (Lipinski definition) is 0. The van der Waals surface area contributed by atoms with Crippen molar-refractivity contribution in [3.8, 4) is 0 Å². The Morgan fingerprint density at radius 1 is 1.38 bits per heavy atom. The molecule has 1 atom stereocenters. The second kappa shape index (κ2) is 4.65. The highest BCUT2D eigenvalue weighted by Gasteiger charge is 2.48. The molecule has 0 saturated heterocycles. The summed E-state index contributed by atoms with van der Waals surface area (Å²) in [5, 5.41) is 0. The van der Waals surface area contributed by atoms with Crippen molar-refractivity contribution in [1.82, 2.24) is 0 Å². The Morgan fingerprint density at radius 3 is 2.56 bits per heavy atom. The van der Waals surface area contributed by atoms with E-state index in [9.17, 15) is 21.6 Å². The molecular weight excluding hydrogens is 245 g/mol. The van der Waals surface area contributed by atoms with Crippen LogP contribution in [0.1, 0.15) is 32.6 Å². The lowest BCUT2D eigenvalue weighted by molar-refractivity contribution is -0.0523. The highest BCUT2D eigenvalue weighted by molar-refractivity contribution is 7.87. The van der Waals surface area contributed by atoms with Gasteiger partial charge in [-0.15, -0.1) is 0 Å². The van der Waals surface area contributed by atoms with E-state index in [0.29, 0.717) is 18.8 Å². The monoisotopic (exact) mass is 258 g/mol. The molecule has 0 aromatic rings. The van der Waals surface area contributed by atoms with E-state index in [4.69, 9.17) is 0 Å². The molecule has 1 aliphatic carbocycles. The lowest BCUT2D eigenvalue weighted by atomic mass is 10.0. The zero-order chi connectivity index (χ0) is 12.4. The van der Waals surface area contributed by atoms with Gasteiger partial charge < -0.3 is 4.18 Å². The van der Waals surface area contributed by atoms with Gasteiger partial charge in [-0.2, -0.15) is 21.6 Å². The van der Waals surface area contributed by atoms with Gasteiger partial charge in [0.15, 0.2) is 0 Å². The van der Waals surface area contributed by atoms with Gasteiger partial charge in [0.05, 0.1) is 0 Å². The fourth-order valence-corrected chi connectivity index (χ4v) is 1.96. The zero-order valence-electron chi connectivity index (χ0n) is 8.75. The largest absolute Gasteiger partial charge is 0.534 e. The summed E-state index contributed by atoms with van der Waals surface area (Å²) in [6.45, 7) is 1.97. The van der Waals surface area contributed by atoms with Gasteiger partial charge in [0.25, 0.3) is 0 Å². The van der Waals surface area contributed by atoms with Crippen molar-refractivity contribution in [2.75, 3.05) is 0 Å².